The summed E-state index contributed by atoms with van der Waals surface area (Å²) < 4.78 is 0. The van der Waals surface area contributed by atoms with Gasteiger partial charge in [0.2, 0.25) is 0 Å². The number of carboxylic acids is 3. The molecule has 0 radical (unpaired) electrons. The minimum absolute atomic E-state index is 0.0264. The number of hydrogen-bond donors (Lipinski definition) is 3. The van der Waals surface area contributed by atoms with Crippen LogP contribution >= 0.6 is 0 Å². The van der Waals surface area contributed by atoms with Gasteiger partial charge in [-0.15, -0.1) is 0 Å². The van der Waals surface area contributed by atoms with Crippen LogP contribution in [-0.4, -0.2) is 58.1 Å². The molecule has 0 atom stereocenters. The summed E-state index contributed by atoms with van der Waals surface area (Å²) in [6, 6.07) is 11.5. The van der Waals surface area contributed by atoms with Crippen molar-refractivity contribution in [1.82, 2.24) is 0 Å². The van der Waals surface area contributed by atoms with E-state index in [1.165, 1.54) is 42.2 Å². The number of benzene rings is 2. The first kappa shape index (κ1) is 27.1. The lowest BCUT2D eigenvalue weighted by Gasteiger charge is -2.27. The number of carboxylic acid groups (broad SMARTS) is 3. The summed E-state index contributed by atoms with van der Waals surface area (Å²) in [5.74, 6) is -5.01. The summed E-state index contributed by atoms with van der Waals surface area (Å²) in [6.45, 7) is 7.93. The maximum Gasteiger partial charge on any atom is 0.335 e. The molecule has 11 heteroatoms. The molecule has 0 unspecified atom stereocenters. The smallest absolute Gasteiger partial charge is 0.335 e. The summed E-state index contributed by atoms with van der Waals surface area (Å²) in [7, 11) is 0. The van der Waals surface area contributed by atoms with Crippen LogP contribution in [0.4, 0.5) is 11.4 Å². The van der Waals surface area contributed by atoms with Gasteiger partial charge in [-0.05, 0) is 54.5 Å². The fraction of sp³-hybridized carbons (Fsp3) is 0.111. The maximum absolute atomic E-state index is 13.2. The van der Waals surface area contributed by atoms with Crippen molar-refractivity contribution >= 4 is 47.2 Å². The van der Waals surface area contributed by atoms with Crippen LogP contribution in [0.1, 0.15) is 22.8 Å². The van der Waals surface area contributed by atoms with Crippen molar-refractivity contribution in [3.8, 4) is 0 Å². The Bertz CT molecular complexity index is 1430. The number of imide groups is 1. The van der Waals surface area contributed by atoms with Crippen molar-refractivity contribution in [2.75, 3.05) is 22.9 Å². The Morgan fingerprint density at radius 1 is 0.921 bits per heavy atom. The van der Waals surface area contributed by atoms with Crippen LogP contribution in [0.2, 0.25) is 0 Å². The summed E-state index contributed by atoms with van der Waals surface area (Å²) in [5.41, 5.74) is 1.21. The maximum atomic E-state index is 13.2. The molecule has 1 aliphatic rings. The summed E-state index contributed by atoms with van der Waals surface area (Å²) >= 11 is 0. The molecular weight excluding hydrogens is 494 g/mol. The standard InChI is InChI=1S/C27H21N3O8/c1-16-21(5-3-4-17-6-10-19(11-7-17)29(14-22(31)32)15-23(33)34)25(35)30(26(36)24(16)28-2)20-12-8-18(9-13-20)27(37)38/h3-13H,14-15H2,1H3,(H,31,32)(H,33,34)(H,37,38)/b4-3?,21-5-. The van der Waals surface area contributed by atoms with Crippen LogP contribution in [-0.2, 0) is 19.2 Å². The lowest BCUT2D eigenvalue weighted by Crippen LogP contribution is -2.42. The average molecular weight is 515 g/mol. The Morgan fingerprint density at radius 3 is 2.00 bits per heavy atom. The van der Waals surface area contributed by atoms with Gasteiger partial charge in [0.15, 0.2) is 0 Å². The van der Waals surface area contributed by atoms with Crippen molar-refractivity contribution in [3.05, 3.63) is 100 Å². The third kappa shape index (κ3) is 6.00. The first-order valence-electron chi connectivity index (χ1n) is 11.0. The highest BCUT2D eigenvalue weighted by molar-refractivity contribution is 6.30. The molecule has 3 rings (SSSR count). The third-order valence-electron chi connectivity index (χ3n) is 5.54. The Kier molecular flexibility index (Phi) is 8.19. The number of allylic oxidation sites excluding steroid dienone is 2. The average Bonchev–Trinajstić information content (AvgIpc) is 2.86. The topological polar surface area (TPSA) is 157 Å². The molecule has 2 aromatic carbocycles. The van der Waals surface area contributed by atoms with E-state index in [-0.39, 0.29) is 28.1 Å². The molecule has 0 fully saturated rings. The van der Waals surface area contributed by atoms with Gasteiger partial charge in [-0.1, -0.05) is 30.4 Å². The summed E-state index contributed by atoms with van der Waals surface area (Å²) in [5, 5.41) is 27.1. The number of nitrogens with zero attached hydrogens (tertiary/aromatic N) is 3. The number of hydrogen-bond acceptors (Lipinski definition) is 6. The number of carbonyl (C=O) groups is 5. The second-order valence-electron chi connectivity index (χ2n) is 8.06. The Hall–Kier alpha value is -5.50. The number of rotatable bonds is 9. The highest BCUT2D eigenvalue weighted by Gasteiger charge is 2.36. The fourth-order valence-electron chi connectivity index (χ4n) is 3.70. The van der Waals surface area contributed by atoms with Gasteiger partial charge in [0, 0.05) is 11.3 Å². The molecule has 3 N–H and O–H groups in total. The lowest BCUT2D eigenvalue weighted by molar-refractivity contribution is -0.136. The third-order valence-corrected chi connectivity index (χ3v) is 5.54. The molecule has 38 heavy (non-hydrogen) atoms. The Morgan fingerprint density at radius 2 is 1.50 bits per heavy atom. The predicted molar refractivity (Wildman–Crippen MR) is 136 cm³/mol. The van der Waals surface area contributed by atoms with E-state index in [2.05, 4.69) is 4.85 Å². The van der Waals surface area contributed by atoms with Gasteiger partial charge < -0.3 is 20.2 Å². The molecule has 0 saturated carbocycles. The monoisotopic (exact) mass is 515 g/mol. The van der Waals surface area contributed by atoms with Gasteiger partial charge in [-0.3, -0.25) is 24.1 Å². The minimum atomic E-state index is -1.17. The van der Waals surface area contributed by atoms with Crippen LogP contribution in [0.3, 0.4) is 0 Å². The molecule has 0 bridgehead atoms. The molecule has 1 heterocycles. The van der Waals surface area contributed by atoms with E-state index < -0.39 is 42.8 Å². The molecule has 0 aromatic heterocycles. The predicted octanol–water partition coefficient (Wildman–Crippen LogP) is 3.07. The minimum Gasteiger partial charge on any atom is -0.480 e. The molecule has 1 aliphatic heterocycles. The van der Waals surface area contributed by atoms with Gasteiger partial charge in [0.1, 0.15) is 13.1 Å². The van der Waals surface area contributed by atoms with Crippen molar-refractivity contribution in [2.45, 2.75) is 6.92 Å². The van der Waals surface area contributed by atoms with Crippen LogP contribution in [0.5, 0.6) is 0 Å². The van der Waals surface area contributed by atoms with E-state index in [1.54, 1.807) is 36.4 Å². The summed E-state index contributed by atoms with van der Waals surface area (Å²) in [6.07, 6.45) is 4.63. The fourth-order valence-corrected chi connectivity index (χ4v) is 3.70. The summed E-state index contributed by atoms with van der Waals surface area (Å²) in [4.78, 5) is 64.6. The quantitative estimate of drug-likeness (QED) is 0.259. The Balaban J connectivity index is 1.89. The van der Waals surface area contributed by atoms with Crippen LogP contribution in [0, 0.1) is 6.57 Å². The van der Waals surface area contributed by atoms with E-state index in [9.17, 15) is 24.0 Å². The van der Waals surface area contributed by atoms with Crippen molar-refractivity contribution in [3.63, 3.8) is 0 Å². The van der Waals surface area contributed by atoms with E-state index in [0.717, 1.165) is 4.90 Å². The van der Waals surface area contributed by atoms with Crippen LogP contribution in [0.25, 0.3) is 10.9 Å². The second kappa shape index (κ2) is 11.5. The van der Waals surface area contributed by atoms with E-state index in [1.807, 2.05) is 0 Å². The van der Waals surface area contributed by atoms with Gasteiger partial charge in [-0.2, -0.15) is 0 Å². The molecule has 0 spiro atoms. The van der Waals surface area contributed by atoms with Crippen LogP contribution < -0.4 is 9.80 Å². The lowest BCUT2D eigenvalue weighted by atomic mass is 9.97. The molecule has 192 valence electrons. The zero-order valence-corrected chi connectivity index (χ0v) is 20.0. The van der Waals surface area contributed by atoms with E-state index >= 15 is 0 Å². The first-order valence-corrected chi connectivity index (χ1v) is 11.0. The SMILES string of the molecule is [C-]#[N+]C1=C(C)/C(=C/C=Cc2ccc(N(CC(=O)O)CC(=O)O)cc2)C(=O)N(c2ccc(C(=O)O)cc2)C1=O. The second-order valence-corrected chi connectivity index (χ2v) is 8.06. The molecule has 11 nitrogen and oxygen atoms in total. The van der Waals surface area contributed by atoms with Crippen molar-refractivity contribution in [2.24, 2.45) is 0 Å². The van der Waals surface area contributed by atoms with Gasteiger partial charge >= 0.3 is 17.9 Å². The number of aliphatic carboxylic acids is 2. The number of anilines is 2. The highest BCUT2D eigenvalue weighted by Crippen LogP contribution is 2.30. The zero-order valence-electron chi connectivity index (χ0n) is 20.0. The van der Waals surface area contributed by atoms with Gasteiger partial charge in [0.25, 0.3) is 17.5 Å². The van der Waals surface area contributed by atoms with E-state index in [0.29, 0.717) is 11.3 Å². The molecule has 2 aromatic rings. The Labute approximate surface area is 216 Å². The van der Waals surface area contributed by atoms with Crippen LogP contribution in [0.15, 0.2) is 77.5 Å². The number of carbonyl (C=O) groups excluding carboxylic acids is 2. The molecular formula is C27H21N3O8. The number of amides is 2. The largest absolute Gasteiger partial charge is 0.480 e. The highest BCUT2D eigenvalue weighted by atomic mass is 16.4. The van der Waals surface area contributed by atoms with Gasteiger partial charge in [0.05, 0.1) is 17.8 Å². The molecule has 0 saturated heterocycles. The normalized spacial score (nSPS) is 14.6. The van der Waals surface area contributed by atoms with Crippen molar-refractivity contribution < 1.29 is 39.3 Å². The van der Waals surface area contributed by atoms with E-state index in [4.69, 9.17) is 21.9 Å². The molecule has 2 amide bonds. The zero-order chi connectivity index (χ0) is 28.0. The van der Waals surface area contributed by atoms with Crippen molar-refractivity contribution in [1.29, 1.82) is 0 Å². The number of aromatic carboxylic acids is 1. The first-order chi connectivity index (χ1) is 18.0. The molecule has 0 aliphatic carbocycles. The van der Waals surface area contributed by atoms with Gasteiger partial charge in [-0.25, -0.2) is 9.64 Å².